The SMILES string of the molecule is C[C@@H](Cc1cccc([C@@]2(C)CCCC(C)(C)CS(=O)(=O)CCc3c(c(F)cc4[nH]ccc34)Oc3ccc(F)c(c3)-c3nc2nn3C)c1)C(=O)O. The average molecular weight is 705 g/mol. The number of nitrogens with one attached hydrogen (secondary N) is 1. The van der Waals surface area contributed by atoms with E-state index in [1.807, 2.05) is 45.0 Å². The van der Waals surface area contributed by atoms with Crippen molar-refractivity contribution in [3.05, 3.63) is 94.9 Å². The molecule has 0 radical (unpaired) electrons. The van der Waals surface area contributed by atoms with Gasteiger partial charge in [0.1, 0.15) is 11.6 Å². The number of carbonyl (C=O) groups is 1. The van der Waals surface area contributed by atoms with E-state index in [4.69, 9.17) is 14.8 Å². The Balaban J connectivity index is 1.50. The van der Waals surface area contributed by atoms with Gasteiger partial charge in [-0.3, -0.25) is 4.79 Å². The third-order valence-electron chi connectivity index (χ3n) is 9.85. The number of aryl methyl sites for hydroxylation is 2. The largest absolute Gasteiger partial charge is 0.481 e. The summed E-state index contributed by atoms with van der Waals surface area (Å²) in [5.41, 5.74) is 1.36. The highest BCUT2D eigenvalue weighted by molar-refractivity contribution is 7.91. The topological polar surface area (TPSA) is 127 Å². The second-order valence-electron chi connectivity index (χ2n) is 14.6. The lowest BCUT2D eigenvalue weighted by Crippen LogP contribution is -2.29. The summed E-state index contributed by atoms with van der Waals surface area (Å²) >= 11 is 0. The number of rotatable bonds is 4. The third kappa shape index (κ3) is 7.17. The molecule has 50 heavy (non-hydrogen) atoms. The summed E-state index contributed by atoms with van der Waals surface area (Å²) in [7, 11) is -1.92. The molecule has 0 amide bonds. The number of hydrogen-bond donors (Lipinski definition) is 2. The Hall–Kier alpha value is -4.58. The highest BCUT2D eigenvalue weighted by Crippen LogP contribution is 2.41. The molecule has 0 saturated carbocycles. The van der Waals surface area contributed by atoms with Crippen LogP contribution < -0.4 is 4.74 Å². The molecule has 2 aromatic heterocycles. The molecular formula is C38H42F2N4O5S. The number of hydrogen-bond acceptors (Lipinski definition) is 6. The number of H-pyrrole nitrogens is 1. The standard InChI is InChI=1S/C38H42F2N4O5S/c1-23(35(45)46)18-24-8-6-9-25(19-24)38(4)15-7-14-37(2,3)22-50(47,48)17-13-28-27-12-16-41-32(27)21-31(40)33(28)49-26-10-11-30(39)29(20-26)34-42-36(38)43-44(34)5/h6,8-12,16,19-21,23,41H,7,13-15,17-18,22H2,1-5H3,(H,45,46)/t23-,38+/m0/s1. The zero-order valence-electron chi connectivity index (χ0n) is 28.9. The first-order valence-corrected chi connectivity index (χ1v) is 18.6. The van der Waals surface area contributed by atoms with Gasteiger partial charge >= 0.3 is 5.97 Å². The van der Waals surface area contributed by atoms with Gasteiger partial charge in [-0.25, -0.2) is 26.9 Å². The van der Waals surface area contributed by atoms with Crippen molar-refractivity contribution in [1.29, 1.82) is 0 Å². The summed E-state index contributed by atoms with van der Waals surface area (Å²) in [6.07, 6.45) is 3.76. The van der Waals surface area contributed by atoms with Gasteiger partial charge in [0, 0.05) is 35.8 Å². The van der Waals surface area contributed by atoms with Crippen LogP contribution in [0.2, 0.25) is 0 Å². The van der Waals surface area contributed by atoms with Crippen molar-refractivity contribution in [3.8, 4) is 22.9 Å². The first-order chi connectivity index (χ1) is 23.5. The van der Waals surface area contributed by atoms with Crippen LogP contribution in [0.4, 0.5) is 8.78 Å². The summed E-state index contributed by atoms with van der Waals surface area (Å²) in [5.74, 6) is -2.28. The molecule has 1 aliphatic heterocycles. The van der Waals surface area contributed by atoms with Crippen LogP contribution in [0.15, 0.2) is 60.8 Å². The molecule has 5 aromatic rings. The Kier molecular flexibility index (Phi) is 9.36. The van der Waals surface area contributed by atoms with Gasteiger partial charge in [-0.1, -0.05) is 51.5 Å². The number of halogens is 2. The normalized spacial score (nSPS) is 19.9. The summed E-state index contributed by atoms with van der Waals surface area (Å²) in [6.45, 7) is 7.53. The lowest BCUT2D eigenvalue weighted by Gasteiger charge is -2.31. The third-order valence-corrected chi connectivity index (χ3v) is 11.9. The van der Waals surface area contributed by atoms with Crippen molar-refractivity contribution >= 4 is 26.7 Å². The van der Waals surface area contributed by atoms with Crippen molar-refractivity contribution in [2.24, 2.45) is 18.4 Å². The fourth-order valence-electron chi connectivity index (χ4n) is 7.08. The van der Waals surface area contributed by atoms with Crippen LogP contribution in [-0.4, -0.2) is 50.7 Å². The Bertz CT molecular complexity index is 2190. The molecule has 0 spiro atoms. The van der Waals surface area contributed by atoms with Crippen molar-refractivity contribution in [1.82, 2.24) is 19.7 Å². The van der Waals surface area contributed by atoms with Crippen LogP contribution in [0.1, 0.15) is 69.5 Å². The predicted molar refractivity (Wildman–Crippen MR) is 188 cm³/mol. The summed E-state index contributed by atoms with van der Waals surface area (Å²) in [6, 6.07) is 14.8. The van der Waals surface area contributed by atoms with Crippen molar-refractivity contribution in [2.45, 2.75) is 65.2 Å². The zero-order chi connectivity index (χ0) is 36.0. The van der Waals surface area contributed by atoms with Crippen LogP contribution in [-0.2, 0) is 39.9 Å². The van der Waals surface area contributed by atoms with Crippen LogP contribution in [0.3, 0.4) is 0 Å². The molecule has 4 bridgehead atoms. The number of aliphatic carboxylic acids is 1. The fraction of sp³-hybridized carbons (Fsp3) is 0.395. The molecule has 264 valence electrons. The number of aromatic nitrogens is 4. The number of fused-ring (bicyclic) bond motifs is 8. The Morgan fingerprint density at radius 3 is 2.62 bits per heavy atom. The van der Waals surface area contributed by atoms with E-state index in [2.05, 4.69) is 4.98 Å². The minimum absolute atomic E-state index is 0.0233. The Morgan fingerprint density at radius 2 is 1.86 bits per heavy atom. The zero-order valence-corrected chi connectivity index (χ0v) is 29.7. The quantitative estimate of drug-likeness (QED) is 0.196. The first-order valence-electron chi connectivity index (χ1n) is 16.8. The van der Waals surface area contributed by atoms with E-state index in [9.17, 15) is 18.3 Å². The van der Waals surface area contributed by atoms with Crippen molar-refractivity contribution < 1.29 is 31.8 Å². The molecule has 0 fully saturated rings. The van der Waals surface area contributed by atoms with Gasteiger partial charge in [-0.15, -0.1) is 0 Å². The monoisotopic (exact) mass is 704 g/mol. The van der Waals surface area contributed by atoms with E-state index < -0.39 is 44.2 Å². The van der Waals surface area contributed by atoms with Crippen LogP contribution in [0.25, 0.3) is 22.3 Å². The maximum absolute atomic E-state index is 15.7. The smallest absolute Gasteiger partial charge is 0.306 e. The van der Waals surface area contributed by atoms with Crippen molar-refractivity contribution in [3.63, 3.8) is 0 Å². The maximum Gasteiger partial charge on any atom is 0.306 e. The molecule has 9 nitrogen and oxygen atoms in total. The Morgan fingerprint density at radius 1 is 1.08 bits per heavy atom. The van der Waals surface area contributed by atoms with Crippen LogP contribution >= 0.6 is 0 Å². The minimum atomic E-state index is -3.59. The number of nitrogens with zero attached hydrogens (tertiary/aromatic N) is 3. The first kappa shape index (κ1) is 35.3. The highest BCUT2D eigenvalue weighted by Gasteiger charge is 2.36. The maximum atomic E-state index is 15.7. The van der Waals surface area contributed by atoms with Crippen molar-refractivity contribution in [2.75, 3.05) is 11.5 Å². The molecular weight excluding hydrogens is 663 g/mol. The van der Waals surface area contributed by atoms with Gasteiger partial charge in [-0.2, -0.15) is 5.10 Å². The van der Waals surface area contributed by atoms with E-state index in [0.29, 0.717) is 48.0 Å². The molecule has 3 heterocycles. The minimum Gasteiger partial charge on any atom is -0.481 e. The summed E-state index contributed by atoms with van der Waals surface area (Å²) in [5, 5.41) is 15.0. The number of aromatic amines is 1. The second kappa shape index (κ2) is 13.3. The van der Waals surface area contributed by atoms with Gasteiger partial charge < -0.3 is 14.8 Å². The van der Waals surface area contributed by atoms with Crippen LogP contribution in [0, 0.1) is 23.0 Å². The van der Waals surface area contributed by atoms with Gasteiger partial charge in [0.2, 0.25) is 0 Å². The summed E-state index contributed by atoms with van der Waals surface area (Å²) < 4.78 is 66.1. The van der Waals surface area contributed by atoms with E-state index >= 15 is 8.78 Å². The number of carboxylic acid groups (broad SMARTS) is 1. The van der Waals surface area contributed by atoms with Crippen LogP contribution in [0.5, 0.6) is 11.5 Å². The average Bonchev–Trinajstić information content (AvgIpc) is 3.67. The predicted octanol–water partition coefficient (Wildman–Crippen LogP) is 7.77. The van der Waals surface area contributed by atoms with Gasteiger partial charge in [-0.05, 0) is 73.4 Å². The lowest BCUT2D eigenvalue weighted by molar-refractivity contribution is -0.141. The molecule has 0 unspecified atom stereocenters. The van der Waals surface area contributed by atoms with E-state index in [0.717, 1.165) is 11.1 Å². The molecule has 1 aliphatic rings. The molecule has 0 saturated heterocycles. The molecule has 12 heteroatoms. The van der Waals surface area contributed by atoms with Gasteiger partial charge in [0.25, 0.3) is 0 Å². The highest BCUT2D eigenvalue weighted by atomic mass is 32.2. The molecule has 2 N–H and O–H groups in total. The molecule has 0 aliphatic carbocycles. The number of carboxylic acids is 1. The van der Waals surface area contributed by atoms with E-state index in [-0.39, 0.29) is 40.8 Å². The molecule has 3 aromatic carbocycles. The molecule has 6 rings (SSSR count). The second-order valence-corrected chi connectivity index (χ2v) is 16.8. The van der Waals surface area contributed by atoms with E-state index in [1.54, 1.807) is 26.2 Å². The van der Waals surface area contributed by atoms with Gasteiger partial charge in [0.15, 0.2) is 33.1 Å². The Labute approximate surface area is 290 Å². The van der Waals surface area contributed by atoms with Gasteiger partial charge in [0.05, 0.1) is 28.4 Å². The summed E-state index contributed by atoms with van der Waals surface area (Å²) in [4.78, 5) is 19.5. The number of ether oxygens (including phenoxy) is 1. The fourth-order valence-corrected chi connectivity index (χ4v) is 9.07. The van der Waals surface area contributed by atoms with E-state index in [1.165, 1.54) is 28.9 Å². The number of benzene rings is 3. The lowest BCUT2D eigenvalue weighted by atomic mass is 9.75. The number of sulfone groups is 1. The molecule has 2 atom stereocenters.